The smallest absolute Gasteiger partial charge is 0.333 e. The molecule has 0 amide bonds. The van der Waals surface area contributed by atoms with E-state index < -0.39 is 57.8 Å². The van der Waals surface area contributed by atoms with Gasteiger partial charge in [-0.1, -0.05) is 146 Å². The average molecular weight is 1070 g/mol. The van der Waals surface area contributed by atoms with E-state index >= 15 is 19.2 Å². The first-order valence-electron chi connectivity index (χ1n) is 25.3. The number of benzene rings is 4. The number of hydrogen-bond acceptors (Lipinski definition) is 14. The van der Waals surface area contributed by atoms with Gasteiger partial charge in [-0.25, -0.2) is 0 Å². The summed E-state index contributed by atoms with van der Waals surface area (Å²) in [5, 5.41) is 0. The van der Waals surface area contributed by atoms with Crippen molar-refractivity contribution in [2.75, 3.05) is 0 Å². The normalized spacial score (nSPS) is 17.4. The maximum atomic E-state index is 15.7. The molecule has 14 heteroatoms. The standard InChI is InChI=1S/C64H44O12S2/c65-53-43-25-13-14-26-44(43)54(66)47(53)29-41-31-49-51(63(41,59(69)73-33-37-17-5-1-6-18-37)60(70)74-34-38-19-7-2-8-20-38)57-58(77-49)52-50(78-57)32-42(30-48-55(67)45-27-15-16-28-46(45)56(48)68)64(52,61(71)75-35-39-21-9-3-10-22-39)62(72)76-36-40-23-11-4-12-24-40/h1-12,17-32H,13-16,33-36H2. The van der Waals surface area contributed by atoms with Crippen molar-refractivity contribution >= 4 is 91.2 Å². The van der Waals surface area contributed by atoms with Crippen molar-refractivity contribution in [3.63, 3.8) is 0 Å². The fourth-order valence-corrected chi connectivity index (χ4v) is 13.9. The Morgan fingerprint density at radius 1 is 0.397 bits per heavy atom. The highest BCUT2D eigenvalue weighted by Gasteiger charge is 2.63. The number of rotatable bonds is 14. The van der Waals surface area contributed by atoms with Crippen LogP contribution < -0.4 is 0 Å². The van der Waals surface area contributed by atoms with Gasteiger partial charge >= 0.3 is 23.9 Å². The lowest BCUT2D eigenvalue weighted by molar-refractivity contribution is -0.166. The van der Waals surface area contributed by atoms with Crippen LogP contribution in [0.25, 0.3) is 21.6 Å². The van der Waals surface area contributed by atoms with E-state index in [0.29, 0.717) is 57.7 Å². The van der Waals surface area contributed by atoms with Crippen LogP contribution in [0, 0.1) is 0 Å². The summed E-state index contributed by atoms with van der Waals surface area (Å²) in [4.78, 5) is 120. The van der Waals surface area contributed by atoms with E-state index in [4.69, 9.17) is 18.9 Å². The molecule has 2 saturated carbocycles. The summed E-state index contributed by atoms with van der Waals surface area (Å²) < 4.78 is 25.2. The van der Waals surface area contributed by atoms with E-state index in [1.807, 2.05) is 0 Å². The van der Waals surface area contributed by atoms with Crippen molar-refractivity contribution in [3.8, 4) is 0 Å². The number of hydrogen-bond donors (Lipinski definition) is 0. The number of ether oxygens (including phenoxy) is 4. The number of thiophene rings is 2. The SMILES string of the molecule is O=C1C(=CC2=Cc3sc4c5c(sc4c3C2(C(=O)OCc2ccccc2)C(=O)OCc2ccccc2)C=C(C=C2C(=O)C3=CCCC=C3C2=O)C5(C(=O)OCc2ccccc2)C(=O)OCc2ccccc2)C(=O)C2=CCCC=C12. The van der Waals surface area contributed by atoms with Gasteiger partial charge in [-0.2, -0.15) is 0 Å². The molecule has 12 rings (SSSR count). The van der Waals surface area contributed by atoms with Crippen LogP contribution in [-0.4, -0.2) is 47.0 Å². The molecular formula is C64H44O12S2. The summed E-state index contributed by atoms with van der Waals surface area (Å²) in [7, 11) is 0. The predicted molar refractivity (Wildman–Crippen MR) is 291 cm³/mol. The van der Waals surface area contributed by atoms with Gasteiger partial charge in [0.2, 0.25) is 10.8 Å². The van der Waals surface area contributed by atoms with Crippen molar-refractivity contribution in [2.24, 2.45) is 0 Å². The van der Waals surface area contributed by atoms with Crippen LogP contribution in [0.15, 0.2) is 202 Å². The molecule has 2 fully saturated rings. The second-order valence-corrected chi connectivity index (χ2v) is 21.4. The molecular weight excluding hydrogens is 1020 g/mol. The Morgan fingerprint density at radius 3 is 0.910 bits per heavy atom. The molecule has 0 unspecified atom stereocenters. The molecule has 6 aliphatic rings. The van der Waals surface area contributed by atoms with Crippen LogP contribution >= 0.6 is 22.7 Å². The number of fused-ring (bicyclic) bond motifs is 7. The Bertz CT molecular complexity index is 3440. The third-order valence-electron chi connectivity index (χ3n) is 14.7. The minimum atomic E-state index is -2.51. The maximum absolute atomic E-state index is 15.7. The molecule has 0 N–H and O–H groups in total. The van der Waals surface area contributed by atoms with E-state index in [0.717, 1.165) is 22.7 Å². The summed E-state index contributed by atoms with van der Waals surface area (Å²) in [6.07, 6.45) is 14.7. The van der Waals surface area contributed by atoms with Crippen LogP contribution in [-0.2, 0) is 94.6 Å². The molecule has 12 nitrogen and oxygen atoms in total. The Labute approximate surface area is 454 Å². The monoisotopic (exact) mass is 1070 g/mol. The number of ketones is 4. The molecule has 0 aliphatic heterocycles. The quantitative estimate of drug-likeness (QED) is 0.0333. The molecule has 6 aromatic rings. The van der Waals surface area contributed by atoms with Crippen LogP contribution in [0.2, 0.25) is 0 Å². The third-order valence-corrected chi connectivity index (χ3v) is 17.1. The summed E-state index contributed by atoms with van der Waals surface area (Å²) in [6.45, 7) is -1.13. The lowest BCUT2D eigenvalue weighted by Crippen LogP contribution is -2.46. The summed E-state index contributed by atoms with van der Waals surface area (Å²) in [5.74, 6) is -6.53. The summed E-state index contributed by atoms with van der Waals surface area (Å²) >= 11 is 2.10. The molecule has 6 aliphatic carbocycles. The first kappa shape index (κ1) is 49.9. The van der Waals surface area contributed by atoms with Gasteiger partial charge in [-0.15, -0.1) is 22.7 Å². The van der Waals surface area contributed by atoms with Crippen LogP contribution in [0.3, 0.4) is 0 Å². The molecule has 0 spiro atoms. The highest BCUT2D eigenvalue weighted by Crippen LogP contribution is 2.60. The van der Waals surface area contributed by atoms with Gasteiger partial charge in [0.25, 0.3) is 0 Å². The molecule has 0 saturated heterocycles. The van der Waals surface area contributed by atoms with E-state index in [-0.39, 0.29) is 91.5 Å². The van der Waals surface area contributed by atoms with E-state index in [2.05, 4.69) is 0 Å². The minimum absolute atomic E-state index is 0.0630. The number of carbonyl (C=O) groups is 8. The zero-order valence-corrected chi connectivity index (χ0v) is 43.2. The summed E-state index contributed by atoms with van der Waals surface area (Å²) in [5.41, 5.74) is -2.12. The molecule has 4 aromatic carbocycles. The van der Waals surface area contributed by atoms with Crippen molar-refractivity contribution in [1.29, 1.82) is 0 Å². The lowest BCUT2D eigenvalue weighted by Gasteiger charge is -2.29. The fourth-order valence-electron chi connectivity index (χ4n) is 10.9. The van der Waals surface area contributed by atoms with E-state index in [1.165, 1.54) is 12.2 Å². The Kier molecular flexibility index (Phi) is 12.9. The molecule has 0 atom stereocenters. The fraction of sp³-hybridized carbons (Fsp3) is 0.156. The van der Waals surface area contributed by atoms with Crippen LogP contribution in [0.4, 0.5) is 0 Å². The first-order valence-corrected chi connectivity index (χ1v) is 27.0. The average Bonchev–Trinajstić information content (AvgIpc) is 3.85. The Balaban J connectivity index is 1.09. The maximum Gasteiger partial charge on any atom is 0.333 e. The molecule has 0 radical (unpaired) electrons. The molecule has 384 valence electrons. The zero-order valence-electron chi connectivity index (χ0n) is 41.5. The summed E-state index contributed by atoms with van der Waals surface area (Å²) in [6, 6.07) is 35.4. The van der Waals surface area contributed by atoms with Crippen LogP contribution in [0.1, 0.15) is 68.8 Å². The Hall–Kier alpha value is -8.98. The molecule has 2 aromatic heterocycles. The first-order chi connectivity index (χ1) is 38.0. The second-order valence-electron chi connectivity index (χ2n) is 19.3. The van der Waals surface area contributed by atoms with Crippen molar-refractivity contribution in [3.05, 3.63) is 246 Å². The highest BCUT2D eigenvalue weighted by atomic mass is 32.1. The van der Waals surface area contributed by atoms with Gasteiger partial charge in [-0.3, -0.25) is 38.4 Å². The van der Waals surface area contributed by atoms with Crippen molar-refractivity contribution in [2.45, 2.75) is 62.9 Å². The number of carbonyl (C=O) groups excluding carboxylic acids is 8. The van der Waals surface area contributed by atoms with Gasteiger partial charge in [0.1, 0.15) is 26.4 Å². The molecule has 78 heavy (non-hydrogen) atoms. The molecule has 0 bridgehead atoms. The number of allylic oxidation sites excluding steroid dienone is 12. The van der Waals surface area contributed by atoms with Gasteiger partial charge in [0.05, 0.1) is 20.5 Å². The second kappa shape index (κ2) is 20.2. The highest BCUT2D eigenvalue weighted by molar-refractivity contribution is 7.29. The van der Waals surface area contributed by atoms with Gasteiger partial charge in [-0.05, 0) is 83.4 Å². The van der Waals surface area contributed by atoms with Crippen molar-refractivity contribution in [1.82, 2.24) is 0 Å². The Morgan fingerprint density at radius 2 is 0.654 bits per heavy atom. The number of Topliss-reactive ketones (excluding diaryl/α,β-unsaturated/α-hetero) is 4. The molecule has 2 heterocycles. The van der Waals surface area contributed by atoms with Gasteiger partial charge in [0, 0.05) is 43.2 Å². The topological polar surface area (TPSA) is 173 Å². The largest absolute Gasteiger partial charge is 0.459 e. The third kappa shape index (κ3) is 8.18. The van der Waals surface area contributed by atoms with Gasteiger partial charge in [0.15, 0.2) is 23.1 Å². The van der Waals surface area contributed by atoms with Crippen molar-refractivity contribution < 1.29 is 57.3 Å². The lowest BCUT2D eigenvalue weighted by atomic mass is 9.75. The number of esters is 4. The zero-order chi connectivity index (χ0) is 53.7. The minimum Gasteiger partial charge on any atom is -0.459 e. The van der Waals surface area contributed by atoms with E-state index in [1.54, 1.807) is 158 Å². The van der Waals surface area contributed by atoms with E-state index in [9.17, 15) is 19.2 Å². The van der Waals surface area contributed by atoms with Gasteiger partial charge < -0.3 is 18.9 Å². The predicted octanol–water partition coefficient (Wildman–Crippen LogP) is 10.7. The van der Waals surface area contributed by atoms with Crippen LogP contribution in [0.5, 0.6) is 0 Å².